The number of unbranched alkanes of at least 4 members (excludes halogenated alkanes) is 13. The number of carbonyl (C=O) groups is 1. The predicted molar refractivity (Wildman–Crippen MR) is 198 cm³/mol. The van der Waals surface area contributed by atoms with E-state index in [1.54, 1.807) is 5.57 Å². The third-order valence-corrected chi connectivity index (χ3v) is 14.3. The highest BCUT2D eigenvalue weighted by molar-refractivity contribution is 5.69. The number of fused-ring (bicyclic) bond motifs is 5. The van der Waals surface area contributed by atoms with Crippen molar-refractivity contribution in [2.75, 3.05) is 0 Å². The van der Waals surface area contributed by atoms with Crippen molar-refractivity contribution in [2.45, 2.75) is 215 Å². The zero-order chi connectivity index (χ0) is 33.0. The second-order valence-electron chi connectivity index (χ2n) is 18.0. The van der Waals surface area contributed by atoms with Crippen LogP contribution in [0.25, 0.3) is 0 Å². The summed E-state index contributed by atoms with van der Waals surface area (Å²) in [4.78, 5) is 12.8. The van der Waals surface area contributed by atoms with Gasteiger partial charge in [-0.3, -0.25) is 4.79 Å². The molecule has 0 aromatic heterocycles. The van der Waals surface area contributed by atoms with Gasteiger partial charge in [0.2, 0.25) is 0 Å². The summed E-state index contributed by atoms with van der Waals surface area (Å²) in [6.07, 6.45) is 36.9. The van der Waals surface area contributed by atoms with Crippen molar-refractivity contribution in [3.8, 4) is 0 Å². The van der Waals surface area contributed by atoms with E-state index >= 15 is 0 Å². The van der Waals surface area contributed by atoms with Crippen LogP contribution in [0.5, 0.6) is 0 Å². The maximum Gasteiger partial charge on any atom is 0.306 e. The topological polar surface area (TPSA) is 26.3 Å². The highest BCUT2D eigenvalue weighted by atomic mass is 16.5. The lowest BCUT2D eigenvalue weighted by atomic mass is 9.47. The van der Waals surface area contributed by atoms with Crippen LogP contribution in [0.4, 0.5) is 0 Å². The van der Waals surface area contributed by atoms with Gasteiger partial charge in [0.25, 0.3) is 0 Å². The first-order chi connectivity index (χ1) is 22.2. The number of esters is 1. The van der Waals surface area contributed by atoms with Crippen molar-refractivity contribution in [1.29, 1.82) is 0 Å². The van der Waals surface area contributed by atoms with Crippen molar-refractivity contribution in [3.05, 3.63) is 11.6 Å². The fraction of sp³-hybridized carbons (Fsp3) is 0.932. The monoisotopic (exact) mass is 639 g/mol. The highest BCUT2D eigenvalue weighted by Crippen LogP contribution is 2.67. The molecule has 0 aromatic rings. The highest BCUT2D eigenvalue weighted by Gasteiger charge is 2.59. The van der Waals surface area contributed by atoms with Crippen LogP contribution in [0, 0.1) is 46.3 Å². The van der Waals surface area contributed by atoms with E-state index in [1.807, 2.05) is 0 Å². The molecule has 4 aliphatic carbocycles. The predicted octanol–water partition coefficient (Wildman–Crippen LogP) is 13.8. The van der Waals surface area contributed by atoms with Gasteiger partial charge < -0.3 is 4.74 Å². The zero-order valence-corrected chi connectivity index (χ0v) is 31.8. The maximum atomic E-state index is 12.8. The summed E-state index contributed by atoms with van der Waals surface area (Å²) in [5, 5.41) is 0. The van der Waals surface area contributed by atoms with Gasteiger partial charge in [0.05, 0.1) is 0 Å². The van der Waals surface area contributed by atoms with Crippen LogP contribution in [0.3, 0.4) is 0 Å². The molecule has 266 valence electrons. The van der Waals surface area contributed by atoms with E-state index in [4.69, 9.17) is 4.74 Å². The lowest BCUT2D eigenvalue weighted by Gasteiger charge is -2.58. The molecule has 0 heterocycles. The molecule has 46 heavy (non-hydrogen) atoms. The largest absolute Gasteiger partial charge is 0.462 e. The van der Waals surface area contributed by atoms with Crippen molar-refractivity contribution < 1.29 is 9.53 Å². The molecule has 0 saturated heterocycles. The third kappa shape index (κ3) is 10.1. The second-order valence-corrected chi connectivity index (χ2v) is 18.0. The van der Waals surface area contributed by atoms with Crippen molar-refractivity contribution >= 4 is 5.97 Å². The number of allylic oxidation sites excluding steroid dienone is 1. The molecule has 2 nitrogen and oxygen atoms in total. The van der Waals surface area contributed by atoms with E-state index in [1.165, 1.54) is 141 Å². The quantitative estimate of drug-likeness (QED) is 0.0710. The summed E-state index contributed by atoms with van der Waals surface area (Å²) >= 11 is 0. The van der Waals surface area contributed by atoms with Crippen LogP contribution in [-0.4, -0.2) is 12.1 Å². The third-order valence-electron chi connectivity index (χ3n) is 14.3. The Bertz CT molecular complexity index is 919. The molecule has 3 fully saturated rings. The van der Waals surface area contributed by atoms with Gasteiger partial charge in [-0.2, -0.15) is 0 Å². The van der Waals surface area contributed by atoms with Crippen molar-refractivity contribution in [1.82, 2.24) is 0 Å². The molecule has 4 aliphatic rings. The van der Waals surface area contributed by atoms with Crippen LogP contribution < -0.4 is 0 Å². The fourth-order valence-electron chi connectivity index (χ4n) is 11.5. The molecule has 0 amide bonds. The fourth-order valence-corrected chi connectivity index (χ4v) is 11.5. The van der Waals surface area contributed by atoms with Gasteiger partial charge in [-0.15, -0.1) is 0 Å². The average Bonchev–Trinajstić information content (AvgIpc) is 3.38. The molecule has 0 spiro atoms. The summed E-state index contributed by atoms with van der Waals surface area (Å²) < 4.78 is 6.13. The smallest absolute Gasteiger partial charge is 0.306 e. The first-order valence-electron chi connectivity index (χ1n) is 21.1. The molecule has 0 radical (unpaired) electrons. The molecule has 4 rings (SSSR count). The molecule has 0 bridgehead atoms. The van der Waals surface area contributed by atoms with Gasteiger partial charge in [-0.05, 0) is 97.7 Å². The summed E-state index contributed by atoms with van der Waals surface area (Å²) in [6.45, 7) is 15.0. The Morgan fingerprint density at radius 1 is 0.761 bits per heavy atom. The van der Waals surface area contributed by atoms with Crippen LogP contribution >= 0.6 is 0 Å². The lowest BCUT2D eigenvalue weighted by molar-refractivity contribution is -0.151. The van der Waals surface area contributed by atoms with Crippen LogP contribution in [-0.2, 0) is 9.53 Å². The van der Waals surface area contributed by atoms with Gasteiger partial charge in [-0.25, -0.2) is 0 Å². The standard InChI is InChI=1S/C44H78O2/c1-7-8-9-10-11-12-13-14-15-16-17-18-19-20-24-42(45)46-37-29-31-43(5)36(33-37)25-26-38-40-28-27-39(35(4)23-21-22-34(2)3)44(40,6)32-30-41(38)43/h25,34-35,37-41H,7-24,26-33H2,1-6H3/t35-,37+,38-,39+,40-,41-,43+,44+/m1/s1. The summed E-state index contributed by atoms with van der Waals surface area (Å²) in [5.41, 5.74) is 2.54. The normalized spacial score (nSPS) is 32.8. The molecule has 0 N–H and O–H groups in total. The van der Waals surface area contributed by atoms with E-state index in [0.29, 0.717) is 17.3 Å². The molecule has 0 aliphatic heterocycles. The molecular formula is C44H78O2. The van der Waals surface area contributed by atoms with Gasteiger partial charge >= 0.3 is 5.97 Å². The Morgan fingerprint density at radius 3 is 2.02 bits per heavy atom. The molecule has 3 saturated carbocycles. The van der Waals surface area contributed by atoms with Crippen LogP contribution in [0.1, 0.15) is 208 Å². The Hall–Kier alpha value is -0.790. The number of rotatable bonds is 21. The molecule has 2 heteroatoms. The molecule has 0 unspecified atom stereocenters. The van der Waals surface area contributed by atoms with Gasteiger partial charge in [0, 0.05) is 12.8 Å². The van der Waals surface area contributed by atoms with E-state index in [-0.39, 0.29) is 12.1 Å². The van der Waals surface area contributed by atoms with E-state index in [0.717, 1.165) is 54.8 Å². The number of carbonyl (C=O) groups excluding carboxylic acids is 1. The number of hydrogen-bond donors (Lipinski definition) is 0. The van der Waals surface area contributed by atoms with Crippen molar-refractivity contribution in [3.63, 3.8) is 0 Å². The summed E-state index contributed by atoms with van der Waals surface area (Å²) in [6, 6.07) is 0. The summed E-state index contributed by atoms with van der Waals surface area (Å²) in [5.74, 6) is 5.34. The summed E-state index contributed by atoms with van der Waals surface area (Å²) in [7, 11) is 0. The average molecular weight is 639 g/mol. The van der Waals surface area contributed by atoms with Crippen molar-refractivity contribution in [2.24, 2.45) is 46.3 Å². The second kappa shape index (κ2) is 18.8. The van der Waals surface area contributed by atoms with E-state index < -0.39 is 0 Å². The Kier molecular flexibility index (Phi) is 15.6. The SMILES string of the molecule is CCCCCCCCCCCCCCCCC(=O)O[C@H]1CC[C@@]2(C)C(=CC[C@@H]3[C@H]4CC[C@@H]([C@H](C)CCCC(C)C)[C@]4(C)CC[C@H]32)C1. The number of hydrogen-bond acceptors (Lipinski definition) is 2. The van der Waals surface area contributed by atoms with E-state index in [9.17, 15) is 4.79 Å². The van der Waals surface area contributed by atoms with E-state index in [2.05, 4.69) is 47.6 Å². The Balaban J connectivity index is 1.12. The minimum Gasteiger partial charge on any atom is -0.462 e. The number of ether oxygens (including phenoxy) is 1. The van der Waals surface area contributed by atoms with Gasteiger partial charge in [-0.1, -0.05) is 156 Å². The first kappa shape index (κ1) is 38.0. The minimum absolute atomic E-state index is 0.0646. The van der Waals surface area contributed by atoms with Gasteiger partial charge in [0.1, 0.15) is 6.10 Å². The zero-order valence-electron chi connectivity index (χ0n) is 31.8. The first-order valence-corrected chi connectivity index (χ1v) is 21.1. The molecular weight excluding hydrogens is 560 g/mol. The maximum absolute atomic E-state index is 12.8. The molecule has 8 atom stereocenters. The lowest BCUT2D eigenvalue weighted by Crippen LogP contribution is -2.51. The molecule has 0 aromatic carbocycles. The van der Waals surface area contributed by atoms with Crippen LogP contribution in [0.2, 0.25) is 0 Å². The Morgan fingerprint density at radius 2 is 1.39 bits per heavy atom. The van der Waals surface area contributed by atoms with Crippen LogP contribution in [0.15, 0.2) is 11.6 Å². The minimum atomic E-state index is 0.0646. The van der Waals surface area contributed by atoms with Gasteiger partial charge in [0.15, 0.2) is 0 Å². The Labute approximate surface area is 287 Å².